The topological polar surface area (TPSA) is 37.9 Å². The first-order chi connectivity index (χ1) is 35.9. The Morgan fingerprint density at radius 3 is 1.20 bits per heavy atom. The molecule has 370 valence electrons. The van der Waals surface area contributed by atoms with Crippen molar-refractivity contribution in [1.82, 2.24) is 0 Å². The van der Waals surface area contributed by atoms with Gasteiger partial charge in [0.05, 0.1) is 52.0 Å². The van der Waals surface area contributed by atoms with Gasteiger partial charge in [0.25, 0.3) is 0 Å². The minimum Gasteiger partial charge on any atom is -0.353 e. The molecule has 0 radical (unpaired) electrons. The number of hydrogen-bond donors (Lipinski definition) is 0. The Morgan fingerprint density at radius 1 is 0.440 bits per heavy atom. The molecular weight excluding hydrogens is 911 g/mol. The van der Waals surface area contributed by atoms with E-state index < -0.39 is 11.1 Å². The molecule has 0 bridgehead atoms. The Morgan fingerprint density at radius 2 is 0.800 bits per heavy atom. The lowest BCUT2D eigenvalue weighted by Crippen LogP contribution is -2.46. The van der Waals surface area contributed by atoms with Crippen LogP contribution in [0.2, 0.25) is 0 Å². The predicted octanol–water partition coefficient (Wildman–Crippen LogP) is 19.6. The highest BCUT2D eigenvalue weighted by Gasteiger charge is 2.55. The summed E-state index contributed by atoms with van der Waals surface area (Å²) in [6.07, 6.45) is 0. The van der Waals surface area contributed by atoms with Crippen LogP contribution in [0, 0.1) is 17.9 Å². The molecule has 0 N–H and O–H groups in total. The smallest absolute Gasteiger partial charge is 0.230 e. The van der Waals surface area contributed by atoms with E-state index >= 15 is 0 Å². The van der Waals surface area contributed by atoms with Crippen molar-refractivity contribution in [1.29, 1.82) is 5.26 Å². The van der Waals surface area contributed by atoms with Crippen molar-refractivity contribution in [3.8, 4) is 39.4 Å². The molecule has 0 atom stereocenters. The fraction of sp³-hybridized carbons (Fsp3) is 0.200. The third-order valence-corrected chi connectivity index (χ3v) is 15.1. The van der Waals surface area contributed by atoms with Gasteiger partial charge >= 0.3 is 0 Å². The number of nitriles is 1. The van der Waals surface area contributed by atoms with Gasteiger partial charge in [-0.15, -0.1) is 0 Å². The number of anilines is 7. The Labute approximate surface area is 445 Å². The summed E-state index contributed by atoms with van der Waals surface area (Å²) < 4.78 is 0. The number of fused-ring (bicyclic) bond motifs is 1. The van der Waals surface area contributed by atoms with Gasteiger partial charge in [-0.2, -0.15) is 5.26 Å². The van der Waals surface area contributed by atoms with E-state index in [0.717, 1.165) is 72.9 Å². The van der Waals surface area contributed by atoms with E-state index in [1.165, 1.54) is 11.1 Å². The second-order valence-corrected chi connectivity index (χ2v) is 22.8. The second kappa shape index (κ2) is 19.3. The average molecular weight is 976 g/mol. The molecule has 1 aliphatic heterocycles. The SMILES string of the molecule is [C-]#[N+]c1c(C#N)c(N(c2ccc(C(C)(C)C)cc2)c2ccccc2-c2ccccc2)c2c(c1N(c1ccc(C(C)(C)C)cc1)c1ccccc1-c1ccccc1)C(C)(C)N(c1ccc(-c3ccccc3)cc1)C2(C)C. The second-order valence-electron chi connectivity index (χ2n) is 22.8. The van der Waals surface area contributed by atoms with Crippen LogP contribution in [0.1, 0.15) is 97.1 Å². The van der Waals surface area contributed by atoms with Gasteiger partial charge in [0, 0.05) is 33.8 Å². The highest BCUT2D eigenvalue weighted by atomic mass is 15.3. The highest BCUT2D eigenvalue weighted by molar-refractivity contribution is 6.03. The van der Waals surface area contributed by atoms with Gasteiger partial charge in [0.2, 0.25) is 5.69 Å². The van der Waals surface area contributed by atoms with Crippen LogP contribution < -0.4 is 14.7 Å². The quantitative estimate of drug-likeness (QED) is 0.128. The summed E-state index contributed by atoms with van der Waals surface area (Å²) in [5.41, 5.74) is 15.5. The fourth-order valence-electron chi connectivity index (χ4n) is 11.6. The van der Waals surface area contributed by atoms with E-state index in [9.17, 15) is 11.8 Å². The molecule has 10 rings (SSSR count). The highest BCUT2D eigenvalue weighted by Crippen LogP contribution is 2.64. The normalized spacial score (nSPS) is 13.6. The molecule has 1 aliphatic rings. The molecular formula is C70H65N5. The molecule has 75 heavy (non-hydrogen) atoms. The third-order valence-electron chi connectivity index (χ3n) is 15.1. The Balaban J connectivity index is 1.37. The summed E-state index contributed by atoms with van der Waals surface area (Å²) in [6.45, 7) is 32.1. The summed E-state index contributed by atoms with van der Waals surface area (Å²) in [5, 5.41) is 12.2. The summed E-state index contributed by atoms with van der Waals surface area (Å²) in [7, 11) is 0. The molecule has 0 saturated heterocycles. The number of rotatable bonds is 10. The molecule has 0 spiro atoms. The van der Waals surface area contributed by atoms with Gasteiger partial charge in [-0.3, -0.25) is 0 Å². The van der Waals surface area contributed by atoms with Crippen LogP contribution in [0.15, 0.2) is 212 Å². The molecule has 5 nitrogen and oxygen atoms in total. The summed E-state index contributed by atoms with van der Waals surface area (Å²) >= 11 is 0. The third kappa shape index (κ3) is 8.94. The first kappa shape index (κ1) is 49.9. The van der Waals surface area contributed by atoms with Gasteiger partial charge < -0.3 is 14.7 Å². The van der Waals surface area contributed by atoms with Crippen LogP contribution in [0.5, 0.6) is 0 Å². The largest absolute Gasteiger partial charge is 0.353 e. The number of para-hydroxylation sites is 2. The molecule has 0 fully saturated rings. The van der Waals surface area contributed by atoms with Crippen molar-refractivity contribution < 1.29 is 0 Å². The lowest BCUT2D eigenvalue weighted by Gasteiger charge is -2.44. The van der Waals surface area contributed by atoms with E-state index in [0.29, 0.717) is 16.9 Å². The zero-order chi connectivity index (χ0) is 52.9. The van der Waals surface area contributed by atoms with Gasteiger partial charge in [-0.25, -0.2) is 4.85 Å². The lowest BCUT2D eigenvalue weighted by molar-refractivity contribution is 0.403. The molecule has 0 amide bonds. The first-order valence-corrected chi connectivity index (χ1v) is 26.0. The van der Waals surface area contributed by atoms with E-state index in [1.807, 2.05) is 18.2 Å². The van der Waals surface area contributed by atoms with Crippen LogP contribution in [-0.4, -0.2) is 0 Å². The number of nitrogens with zero attached hydrogens (tertiary/aromatic N) is 5. The number of benzene rings is 9. The van der Waals surface area contributed by atoms with Gasteiger partial charge in [-0.1, -0.05) is 205 Å². The van der Waals surface area contributed by atoms with E-state index in [4.69, 9.17) is 0 Å². The van der Waals surface area contributed by atoms with Crippen molar-refractivity contribution >= 4 is 45.5 Å². The van der Waals surface area contributed by atoms with Gasteiger partial charge in [0.1, 0.15) is 0 Å². The average Bonchev–Trinajstić information content (AvgIpc) is 3.59. The number of hydrogen-bond acceptors (Lipinski definition) is 4. The summed E-state index contributed by atoms with van der Waals surface area (Å²) in [5.74, 6) is 0. The van der Waals surface area contributed by atoms with Gasteiger partial charge in [-0.05, 0) is 126 Å². The molecule has 0 aliphatic carbocycles. The zero-order valence-corrected chi connectivity index (χ0v) is 44.9. The molecule has 0 aromatic heterocycles. The van der Waals surface area contributed by atoms with E-state index in [-0.39, 0.29) is 16.5 Å². The van der Waals surface area contributed by atoms with Crippen LogP contribution in [0.25, 0.3) is 38.2 Å². The molecule has 9 aromatic carbocycles. The van der Waals surface area contributed by atoms with Crippen LogP contribution >= 0.6 is 0 Å². The maximum atomic E-state index is 12.2. The first-order valence-electron chi connectivity index (χ1n) is 26.0. The standard InChI is InChI=1S/C70H65N5/c1-67(2,3)52-37-43-54(44-38-52)73(60-33-23-21-31-57(60)50-27-17-13-18-28-50)65-59(47-71)64(72-11)66(63-62(65)69(7,8)75(70(63,9)10)56-41-35-49(36-42-56)48-25-15-12-16-26-48)74(55-45-39-53(40-46-55)68(4,5)6)61-34-24-22-32-58(61)51-29-19-14-20-30-51/h12-46H,1-10H3. The zero-order valence-electron chi connectivity index (χ0n) is 44.9. The fourth-order valence-corrected chi connectivity index (χ4v) is 11.6. The van der Waals surface area contributed by atoms with Crippen molar-refractivity contribution in [2.24, 2.45) is 0 Å². The van der Waals surface area contributed by atoms with Crippen molar-refractivity contribution in [2.75, 3.05) is 14.7 Å². The molecule has 9 aromatic rings. The lowest BCUT2D eigenvalue weighted by atomic mass is 9.82. The van der Waals surface area contributed by atoms with E-state index in [2.05, 4.69) is 289 Å². The maximum Gasteiger partial charge on any atom is 0.230 e. The van der Waals surface area contributed by atoms with Crippen molar-refractivity contribution in [3.05, 3.63) is 252 Å². The van der Waals surface area contributed by atoms with Crippen molar-refractivity contribution in [2.45, 2.75) is 91.1 Å². The Kier molecular flexibility index (Phi) is 12.9. The van der Waals surface area contributed by atoms with Crippen LogP contribution in [-0.2, 0) is 21.9 Å². The Bertz CT molecular complexity index is 3400. The maximum absolute atomic E-state index is 12.2. The minimum absolute atomic E-state index is 0.100. The monoisotopic (exact) mass is 976 g/mol. The Hall–Kier alpha value is -8.64. The molecule has 0 unspecified atom stereocenters. The molecule has 5 heteroatoms. The van der Waals surface area contributed by atoms with Gasteiger partial charge in [0.15, 0.2) is 0 Å². The van der Waals surface area contributed by atoms with E-state index in [1.54, 1.807) is 0 Å². The predicted molar refractivity (Wildman–Crippen MR) is 315 cm³/mol. The molecule has 0 saturated carbocycles. The van der Waals surface area contributed by atoms with Crippen LogP contribution in [0.3, 0.4) is 0 Å². The minimum atomic E-state index is -0.796. The summed E-state index contributed by atoms with van der Waals surface area (Å²) in [6, 6.07) is 77.7. The summed E-state index contributed by atoms with van der Waals surface area (Å²) in [4.78, 5) is 11.7. The van der Waals surface area contributed by atoms with Crippen molar-refractivity contribution in [3.63, 3.8) is 0 Å². The molecule has 1 heterocycles. The van der Waals surface area contributed by atoms with Crippen LogP contribution in [0.4, 0.5) is 45.5 Å².